The standard InChI is InChI=1S/C43H47N3O7/c1-3-30-23-33-28-8-6-7-26(21-28)22-29(9-12-31-25-46(19-18-44-31)42(33)45-30)36-38(49)41(51-2)40(52-20-17-43(50)15-4-5-16-43)37-34(48)24-35(53-39(36)37)27-10-13-32(47)14-11-27/h6-8,10-11,13-14,21,23,29,31,35,44-45,47,49-50H,3-5,15-20,22,24-25H2,1-2H3/t29-,31+,35?/m1/s1. The molecule has 1 saturated heterocycles. The minimum atomic E-state index is -0.820. The Labute approximate surface area is 310 Å². The second-order valence-corrected chi connectivity index (χ2v) is 14.8. The van der Waals surface area contributed by atoms with Gasteiger partial charge in [-0.15, -0.1) is 0 Å². The zero-order chi connectivity index (χ0) is 36.7. The number of aliphatic hydroxyl groups is 1. The molecule has 3 atom stereocenters. The van der Waals surface area contributed by atoms with Crippen LogP contribution in [0.5, 0.6) is 28.7 Å². The smallest absolute Gasteiger partial charge is 0.204 e. The highest BCUT2D eigenvalue weighted by molar-refractivity contribution is 6.05. The van der Waals surface area contributed by atoms with E-state index in [-0.39, 0.29) is 59.2 Å². The summed E-state index contributed by atoms with van der Waals surface area (Å²) in [6, 6.07) is 17.1. The number of H-pyrrole nitrogens is 1. The molecule has 8 rings (SSSR count). The molecule has 1 aromatic heterocycles. The van der Waals surface area contributed by atoms with Gasteiger partial charge in [0.05, 0.1) is 43.3 Å². The van der Waals surface area contributed by atoms with Gasteiger partial charge in [0.1, 0.15) is 29.0 Å². The van der Waals surface area contributed by atoms with Crippen LogP contribution in [0.4, 0.5) is 5.82 Å². The largest absolute Gasteiger partial charge is 0.508 e. The number of benzene rings is 3. The molecule has 2 fully saturated rings. The first kappa shape index (κ1) is 34.9. The molecular weight excluding hydrogens is 670 g/mol. The summed E-state index contributed by atoms with van der Waals surface area (Å²) in [7, 11) is 1.45. The molecule has 4 aromatic rings. The second-order valence-electron chi connectivity index (χ2n) is 14.8. The average molecular weight is 718 g/mol. The third-order valence-corrected chi connectivity index (χ3v) is 11.3. The summed E-state index contributed by atoms with van der Waals surface area (Å²) < 4.78 is 18.9. The SMILES string of the molecule is CCc1cc2c([nH]1)N1CCN[C@@H](C#C[C@@H](c3c(O)c(OC)c(OCCC4(O)CCCC4)c4c3OC(c3ccc(O)cc3)CC4=O)Cc3cccc-2c3)C1. The minimum Gasteiger partial charge on any atom is -0.508 e. The first-order chi connectivity index (χ1) is 25.7. The predicted molar refractivity (Wildman–Crippen MR) is 202 cm³/mol. The van der Waals surface area contributed by atoms with Crippen molar-refractivity contribution in [1.82, 2.24) is 10.3 Å². The van der Waals surface area contributed by atoms with E-state index in [4.69, 9.17) is 14.2 Å². The molecule has 0 spiro atoms. The highest BCUT2D eigenvalue weighted by Crippen LogP contribution is 2.55. The fourth-order valence-electron chi connectivity index (χ4n) is 8.41. The molecule has 1 saturated carbocycles. The van der Waals surface area contributed by atoms with Crippen molar-refractivity contribution in [3.63, 3.8) is 0 Å². The number of nitrogens with one attached hydrogen (secondary N) is 2. The van der Waals surface area contributed by atoms with Crippen molar-refractivity contribution in [1.29, 1.82) is 0 Å². The molecule has 276 valence electrons. The molecule has 10 heteroatoms. The minimum absolute atomic E-state index is 0.0183. The molecular formula is C43H47N3O7. The maximum Gasteiger partial charge on any atom is 0.204 e. The van der Waals surface area contributed by atoms with Crippen LogP contribution in [0, 0.1) is 11.8 Å². The van der Waals surface area contributed by atoms with Crippen LogP contribution >= 0.6 is 0 Å². The Hall–Kier alpha value is -5.11. The van der Waals surface area contributed by atoms with Gasteiger partial charge in [0.2, 0.25) is 5.75 Å². The lowest BCUT2D eigenvalue weighted by Gasteiger charge is -2.34. The summed E-state index contributed by atoms with van der Waals surface area (Å²) in [6.07, 6.45) is 4.37. The van der Waals surface area contributed by atoms with Gasteiger partial charge in [-0.1, -0.05) is 68.0 Å². The van der Waals surface area contributed by atoms with Crippen molar-refractivity contribution < 1.29 is 34.3 Å². The number of rotatable bonds is 8. The van der Waals surface area contributed by atoms with Crippen LogP contribution in [0.15, 0.2) is 54.6 Å². The van der Waals surface area contributed by atoms with Crippen LogP contribution < -0.4 is 24.4 Å². The number of methoxy groups -OCH3 is 1. The van der Waals surface area contributed by atoms with Gasteiger partial charge < -0.3 is 44.7 Å². The molecule has 1 unspecified atom stereocenters. The first-order valence-electron chi connectivity index (χ1n) is 18.8. The monoisotopic (exact) mass is 717 g/mol. The lowest BCUT2D eigenvalue weighted by molar-refractivity contribution is 0.0252. The van der Waals surface area contributed by atoms with E-state index in [0.29, 0.717) is 43.4 Å². The number of carbonyl (C=O) groups excluding carboxylic acids is 1. The van der Waals surface area contributed by atoms with E-state index < -0.39 is 17.6 Å². The zero-order valence-corrected chi connectivity index (χ0v) is 30.3. The molecule has 0 amide bonds. The number of hydrogen-bond donors (Lipinski definition) is 5. The highest BCUT2D eigenvalue weighted by atomic mass is 16.5. The van der Waals surface area contributed by atoms with Gasteiger partial charge in [0.25, 0.3) is 0 Å². The normalized spacial score (nSPS) is 21.6. The predicted octanol–water partition coefficient (Wildman–Crippen LogP) is 6.57. The van der Waals surface area contributed by atoms with E-state index in [2.05, 4.69) is 64.3 Å². The number of carbonyl (C=O) groups is 1. The number of fused-ring (bicyclic) bond motifs is 8. The van der Waals surface area contributed by atoms with E-state index in [0.717, 1.165) is 54.9 Å². The summed E-state index contributed by atoms with van der Waals surface area (Å²) in [5, 5.41) is 36.9. The van der Waals surface area contributed by atoms with Crippen LogP contribution in [0.25, 0.3) is 11.1 Å². The number of phenolic OH excluding ortho intramolecular Hbond substituents is 2. The number of aryl methyl sites for hydroxylation is 1. The van der Waals surface area contributed by atoms with Crippen LogP contribution in [0.2, 0.25) is 0 Å². The number of ether oxygens (including phenoxy) is 3. The number of Topliss-reactive ketones (excluding diaryl/α,β-unsaturated/α-hetero) is 1. The van der Waals surface area contributed by atoms with Gasteiger partial charge in [-0.25, -0.2) is 0 Å². The number of aromatic amines is 1. The van der Waals surface area contributed by atoms with Crippen LogP contribution in [-0.4, -0.2) is 71.1 Å². The maximum absolute atomic E-state index is 14.3. The van der Waals surface area contributed by atoms with Gasteiger partial charge in [0, 0.05) is 37.3 Å². The lowest BCUT2D eigenvalue weighted by atomic mass is 9.85. The third kappa shape index (κ3) is 6.80. The number of piperazine rings is 1. The Bertz CT molecular complexity index is 2070. The van der Waals surface area contributed by atoms with Crippen molar-refractivity contribution in [2.24, 2.45) is 0 Å². The quantitative estimate of drug-likeness (QED) is 0.128. The number of anilines is 1. The first-order valence-corrected chi connectivity index (χ1v) is 18.8. The van der Waals surface area contributed by atoms with Gasteiger partial charge in [0.15, 0.2) is 17.3 Å². The van der Waals surface area contributed by atoms with Gasteiger partial charge in [-0.2, -0.15) is 0 Å². The summed E-state index contributed by atoms with van der Waals surface area (Å²) in [5.74, 6) is 7.58. The number of aromatic nitrogens is 1. The van der Waals surface area contributed by atoms with Crippen molar-refractivity contribution in [3.05, 3.63) is 82.5 Å². The Morgan fingerprint density at radius 1 is 1.04 bits per heavy atom. The molecule has 53 heavy (non-hydrogen) atoms. The Kier molecular flexibility index (Phi) is 9.48. The van der Waals surface area contributed by atoms with E-state index >= 15 is 0 Å². The molecule has 3 aromatic carbocycles. The summed E-state index contributed by atoms with van der Waals surface area (Å²) >= 11 is 0. The van der Waals surface area contributed by atoms with Crippen molar-refractivity contribution >= 4 is 11.6 Å². The van der Waals surface area contributed by atoms with E-state index in [1.54, 1.807) is 24.3 Å². The van der Waals surface area contributed by atoms with Crippen LogP contribution in [0.1, 0.15) is 90.2 Å². The summed E-state index contributed by atoms with van der Waals surface area (Å²) in [5.41, 5.74) is 4.88. The fourth-order valence-corrected chi connectivity index (χ4v) is 8.41. The van der Waals surface area contributed by atoms with Crippen LogP contribution in [-0.2, 0) is 12.8 Å². The molecule has 3 aliphatic heterocycles. The summed E-state index contributed by atoms with van der Waals surface area (Å²) in [6.45, 7) is 4.53. The molecule has 4 aliphatic rings. The molecule has 4 bridgehead atoms. The van der Waals surface area contributed by atoms with Crippen molar-refractivity contribution in [2.45, 2.75) is 82.0 Å². The molecule has 4 heterocycles. The van der Waals surface area contributed by atoms with E-state index in [1.165, 1.54) is 12.8 Å². The van der Waals surface area contributed by atoms with Gasteiger partial charge >= 0.3 is 0 Å². The number of hydrogen-bond acceptors (Lipinski definition) is 9. The van der Waals surface area contributed by atoms with E-state index in [9.17, 15) is 20.1 Å². The van der Waals surface area contributed by atoms with Gasteiger partial charge in [-0.05, 0) is 60.6 Å². The topological polar surface area (TPSA) is 137 Å². The third-order valence-electron chi connectivity index (χ3n) is 11.3. The molecule has 10 nitrogen and oxygen atoms in total. The van der Waals surface area contributed by atoms with Crippen molar-refractivity contribution in [3.8, 4) is 51.7 Å². The molecule has 5 N–H and O–H groups in total. The number of ketones is 1. The maximum atomic E-state index is 14.3. The van der Waals surface area contributed by atoms with Crippen LogP contribution in [0.3, 0.4) is 0 Å². The number of aromatic hydroxyl groups is 2. The molecule has 1 aliphatic carbocycles. The summed E-state index contributed by atoms with van der Waals surface area (Å²) in [4.78, 5) is 20.4. The lowest BCUT2D eigenvalue weighted by Crippen LogP contribution is -2.50. The number of nitrogens with zero attached hydrogens (tertiary/aromatic N) is 1. The Balaban J connectivity index is 1.27. The second kappa shape index (κ2) is 14.4. The van der Waals surface area contributed by atoms with E-state index in [1.807, 2.05) is 0 Å². The molecule has 0 radical (unpaired) electrons. The zero-order valence-electron chi connectivity index (χ0n) is 30.3. The average Bonchev–Trinajstić information content (AvgIpc) is 3.80. The number of phenols is 2. The van der Waals surface area contributed by atoms with Crippen molar-refractivity contribution in [2.75, 3.05) is 38.3 Å². The fraction of sp³-hybridized carbons (Fsp3) is 0.419. The Morgan fingerprint density at radius 3 is 2.62 bits per heavy atom. The Morgan fingerprint density at radius 2 is 1.85 bits per heavy atom. The van der Waals surface area contributed by atoms with Gasteiger partial charge in [-0.3, -0.25) is 4.79 Å². The highest BCUT2D eigenvalue weighted by Gasteiger charge is 2.40.